The van der Waals surface area contributed by atoms with Gasteiger partial charge in [0.05, 0.1) is 6.20 Å². The van der Waals surface area contributed by atoms with E-state index < -0.39 is 0 Å². The molecule has 1 saturated carbocycles. The third-order valence-electron chi connectivity index (χ3n) is 4.21. The highest BCUT2D eigenvalue weighted by atomic mass is 16.3. The molecular weight excluding hydrogens is 270 g/mol. The van der Waals surface area contributed by atoms with Crippen LogP contribution in [0.2, 0.25) is 0 Å². The Bertz CT molecular complexity index is 644. The van der Waals surface area contributed by atoms with Crippen LogP contribution in [0.4, 0.5) is 0 Å². The molecule has 4 rings (SSSR count). The molecule has 1 N–H and O–H groups in total. The number of nitrogens with one attached hydrogen (secondary N) is 1. The van der Waals surface area contributed by atoms with Gasteiger partial charge in [0, 0.05) is 24.9 Å². The molecule has 1 atom stereocenters. The van der Waals surface area contributed by atoms with Gasteiger partial charge in [-0.2, -0.15) is 0 Å². The van der Waals surface area contributed by atoms with Crippen LogP contribution in [0.1, 0.15) is 53.8 Å². The van der Waals surface area contributed by atoms with E-state index in [1.54, 1.807) is 0 Å². The van der Waals surface area contributed by atoms with E-state index in [2.05, 4.69) is 25.1 Å². The molecule has 1 amide bonds. The molecule has 2 aromatic heterocycles. The first-order valence-electron chi connectivity index (χ1n) is 7.42. The minimum atomic E-state index is -0.197. The topological polar surface area (TPSA) is 85.8 Å². The number of rotatable bonds is 3. The summed E-state index contributed by atoms with van der Waals surface area (Å²) >= 11 is 0. The molecule has 1 fully saturated rings. The Kier molecular flexibility index (Phi) is 2.98. The van der Waals surface area contributed by atoms with Crippen molar-refractivity contribution in [2.45, 2.75) is 50.6 Å². The van der Waals surface area contributed by atoms with Gasteiger partial charge in [-0.05, 0) is 25.7 Å². The number of aromatic nitrogens is 4. The Morgan fingerprint density at radius 3 is 2.95 bits per heavy atom. The van der Waals surface area contributed by atoms with E-state index in [1.165, 1.54) is 25.4 Å². The molecule has 0 unspecified atom stereocenters. The first-order valence-corrected chi connectivity index (χ1v) is 7.42. The Morgan fingerprint density at radius 1 is 1.29 bits per heavy atom. The average Bonchev–Trinajstić information content (AvgIpc) is 3.09. The van der Waals surface area contributed by atoms with Gasteiger partial charge in [-0.15, -0.1) is 10.2 Å². The van der Waals surface area contributed by atoms with Gasteiger partial charge in [-0.1, -0.05) is 0 Å². The number of nitrogens with zero attached hydrogens (tertiary/aromatic N) is 4. The van der Waals surface area contributed by atoms with Crippen LogP contribution in [0.15, 0.2) is 17.0 Å². The fourth-order valence-corrected chi connectivity index (χ4v) is 2.88. The fourth-order valence-electron chi connectivity index (χ4n) is 2.88. The number of carbonyl (C=O) groups is 1. The van der Waals surface area contributed by atoms with Crippen molar-refractivity contribution in [1.82, 2.24) is 25.1 Å². The summed E-state index contributed by atoms with van der Waals surface area (Å²) in [6, 6.07) is 0.136. The largest absolute Gasteiger partial charge is 0.438 e. The van der Waals surface area contributed by atoms with Gasteiger partial charge in [0.2, 0.25) is 5.76 Å². The Labute approximate surface area is 121 Å². The van der Waals surface area contributed by atoms with E-state index in [4.69, 9.17) is 4.42 Å². The van der Waals surface area contributed by atoms with Crippen molar-refractivity contribution >= 4 is 5.91 Å². The Balaban J connectivity index is 1.43. The van der Waals surface area contributed by atoms with Crippen molar-refractivity contribution < 1.29 is 9.21 Å². The van der Waals surface area contributed by atoms with Gasteiger partial charge in [0.1, 0.15) is 11.6 Å². The van der Waals surface area contributed by atoms with E-state index >= 15 is 0 Å². The molecule has 1 aliphatic heterocycles. The highest BCUT2D eigenvalue weighted by Crippen LogP contribution is 2.39. The van der Waals surface area contributed by atoms with Crippen LogP contribution in [0.5, 0.6) is 0 Å². The molecule has 21 heavy (non-hydrogen) atoms. The molecule has 2 aromatic rings. The van der Waals surface area contributed by atoms with Crippen molar-refractivity contribution in [3.8, 4) is 0 Å². The highest BCUT2D eigenvalue weighted by Gasteiger charge is 2.31. The summed E-state index contributed by atoms with van der Waals surface area (Å²) in [5.74, 6) is 2.85. The third kappa shape index (κ3) is 2.43. The summed E-state index contributed by atoms with van der Waals surface area (Å²) in [4.78, 5) is 15.8. The molecule has 0 spiro atoms. The van der Waals surface area contributed by atoms with Crippen LogP contribution >= 0.6 is 0 Å². The predicted octanol–water partition coefficient (Wildman–Crippen LogP) is 1.28. The third-order valence-corrected chi connectivity index (χ3v) is 4.21. The molecule has 1 aliphatic carbocycles. The average molecular weight is 287 g/mol. The Hall–Kier alpha value is -2.18. The van der Waals surface area contributed by atoms with Crippen LogP contribution in [-0.2, 0) is 13.0 Å². The van der Waals surface area contributed by atoms with Gasteiger partial charge in [0.25, 0.3) is 5.91 Å². The standard InChI is InChI=1S/C14H17N5O2/c20-14(11-7-15-8-21-11)16-10-3-4-12-17-18-13(9-1-2-9)19(12)6-5-10/h7-10H,1-6H2,(H,16,20)/t10-/m0/s1. The number of oxazole rings is 1. The molecule has 7 nitrogen and oxygen atoms in total. The van der Waals surface area contributed by atoms with Crippen LogP contribution < -0.4 is 5.32 Å². The van der Waals surface area contributed by atoms with E-state index in [0.29, 0.717) is 5.92 Å². The van der Waals surface area contributed by atoms with Gasteiger partial charge in [0.15, 0.2) is 6.39 Å². The normalized spacial score (nSPS) is 21.6. The molecule has 0 radical (unpaired) electrons. The lowest BCUT2D eigenvalue weighted by Crippen LogP contribution is -2.35. The van der Waals surface area contributed by atoms with E-state index in [1.807, 2.05) is 0 Å². The summed E-state index contributed by atoms with van der Waals surface area (Å²) in [5, 5.41) is 11.7. The second-order valence-corrected chi connectivity index (χ2v) is 5.76. The SMILES string of the molecule is O=C(N[C@H]1CCc2nnc(C3CC3)n2CC1)c1cnco1. The van der Waals surface area contributed by atoms with E-state index in [-0.39, 0.29) is 17.7 Å². The molecule has 3 heterocycles. The van der Waals surface area contributed by atoms with E-state index in [0.717, 1.165) is 37.5 Å². The maximum absolute atomic E-state index is 12.0. The zero-order chi connectivity index (χ0) is 14.2. The number of aryl methyl sites for hydroxylation is 1. The molecule has 7 heteroatoms. The first-order chi connectivity index (χ1) is 10.3. The molecule has 0 bridgehead atoms. The quantitative estimate of drug-likeness (QED) is 0.919. The van der Waals surface area contributed by atoms with Gasteiger partial charge >= 0.3 is 0 Å². The zero-order valence-corrected chi connectivity index (χ0v) is 11.7. The summed E-state index contributed by atoms with van der Waals surface area (Å²) in [5.41, 5.74) is 0. The van der Waals surface area contributed by atoms with Gasteiger partial charge in [-0.3, -0.25) is 4.79 Å². The Morgan fingerprint density at radius 2 is 2.19 bits per heavy atom. The van der Waals surface area contributed by atoms with Crippen LogP contribution in [0.25, 0.3) is 0 Å². The van der Waals surface area contributed by atoms with Crippen LogP contribution in [0.3, 0.4) is 0 Å². The van der Waals surface area contributed by atoms with Crippen molar-refractivity contribution in [2.75, 3.05) is 0 Å². The van der Waals surface area contributed by atoms with Crippen molar-refractivity contribution in [2.24, 2.45) is 0 Å². The van der Waals surface area contributed by atoms with Crippen molar-refractivity contribution in [3.05, 3.63) is 30.0 Å². The second-order valence-electron chi connectivity index (χ2n) is 5.76. The lowest BCUT2D eigenvalue weighted by Gasteiger charge is -2.15. The summed E-state index contributed by atoms with van der Waals surface area (Å²) < 4.78 is 7.27. The molecule has 0 saturated heterocycles. The fraction of sp³-hybridized carbons (Fsp3) is 0.571. The van der Waals surface area contributed by atoms with Crippen molar-refractivity contribution in [1.29, 1.82) is 0 Å². The minimum Gasteiger partial charge on any atom is -0.438 e. The summed E-state index contributed by atoms with van der Waals surface area (Å²) in [7, 11) is 0. The molecule has 110 valence electrons. The monoisotopic (exact) mass is 287 g/mol. The maximum Gasteiger partial charge on any atom is 0.288 e. The van der Waals surface area contributed by atoms with Crippen LogP contribution in [0, 0.1) is 0 Å². The number of hydrogen-bond donors (Lipinski definition) is 1. The molecule has 0 aromatic carbocycles. The second kappa shape index (κ2) is 4.98. The molecule has 2 aliphatic rings. The molecular formula is C14H17N5O2. The number of carbonyl (C=O) groups excluding carboxylic acids is 1. The zero-order valence-electron chi connectivity index (χ0n) is 11.7. The lowest BCUT2D eigenvalue weighted by molar-refractivity contribution is 0.0905. The van der Waals surface area contributed by atoms with Gasteiger partial charge in [-0.25, -0.2) is 4.98 Å². The highest BCUT2D eigenvalue weighted by molar-refractivity contribution is 5.91. The lowest BCUT2D eigenvalue weighted by atomic mass is 10.1. The predicted molar refractivity (Wildman–Crippen MR) is 72.7 cm³/mol. The van der Waals surface area contributed by atoms with Gasteiger partial charge < -0.3 is 14.3 Å². The first kappa shape index (κ1) is 12.6. The maximum atomic E-state index is 12.0. The smallest absolute Gasteiger partial charge is 0.288 e. The van der Waals surface area contributed by atoms with Crippen molar-refractivity contribution in [3.63, 3.8) is 0 Å². The summed E-state index contributed by atoms with van der Waals surface area (Å²) in [6.45, 7) is 0.871. The number of hydrogen-bond acceptors (Lipinski definition) is 5. The minimum absolute atomic E-state index is 0.136. The van der Waals surface area contributed by atoms with Crippen LogP contribution in [-0.4, -0.2) is 31.7 Å². The number of amides is 1. The number of fused-ring (bicyclic) bond motifs is 1. The summed E-state index contributed by atoms with van der Waals surface area (Å²) in [6.07, 6.45) is 7.78. The van der Waals surface area contributed by atoms with E-state index in [9.17, 15) is 4.79 Å².